The average Bonchev–Trinajstić information content (AvgIpc) is 3.60. The van der Waals surface area contributed by atoms with Gasteiger partial charge in [-0.3, -0.25) is 4.79 Å². The van der Waals surface area contributed by atoms with Crippen molar-refractivity contribution in [3.05, 3.63) is 77.1 Å². The third-order valence-electron chi connectivity index (χ3n) is 6.31. The van der Waals surface area contributed by atoms with Crippen LogP contribution in [0.5, 0.6) is 5.75 Å². The molecule has 0 unspecified atom stereocenters. The number of carbonyl (C=O) groups excluding carboxylic acids is 1. The van der Waals surface area contributed by atoms with Crippen molar-refractivity contribution in [1.29, 1.82) is 0 Å². The summed E-state index contributed by atoms with van der Waals surface area (Å²) in [6.45, 7) is 3.46. The van der Waals surface area contributed by atoms with Gasteiger partial charge in [-0.15, -0.1) is 0 Å². The van der Waals surface area contributed by atoms with Gasteiger partial charge >= 0.3 is 0 Å². The van der Waals surface area contributed by atoms with E-state index in [-0.39, 0.29) is 23.4 Å². The van der Waals surface area contributed by atoms with E-state index in [1.807, 2.05) is 31.2 Å². The second kappa shape index (κ2) is 11.3. The fourth-order valence-electron chi connectivity index (χ4n) is 4.12. The van der Waals surface area contributed by atoms with Crippen molar-refractivity contribution in [1.82, 2.24) is 14.5 Å². The zero-order chi connectivity index (χ0) is 25.7. The average molecular weight is 512 g/mol. The molecule has 0 atom stereocenters. The summed E-state index contributed by atoms with van der Waals surface area (Å²) in [7, 11) is -0.578. The summed E-state index contributed by atoms with van der Waals surface area (Å²) in [5, 5.41) is -0.00433. The number of imidazole rings is 1. The van der Waals surface area contributed by atoms with Crippen LogP contribution in [0.1, 0.15) is 40.0 Å². The van der Waals surface area contributed by atoms with Crippen LogP contribution in [0.2, 0.25) is 0 Å². The van der Waals surface area contributed by atoms with E-state index in [2.05, 4.69) is 4.98 Å². The molecule has 192 valence electrons. The highest BCUT2D eigenvalue weighted by atomic mass is 32.2. The van der Waals surface area contributed by atoms with Crippen LogP contribution in [0.3, 0.4) is 0 Å². The largest absolute Gasteiger partial charge is 0.497 e. The minimum absolute atomic E-state index is 0.00433. The third kappa shape index (κ3) is 6.33. The highest BCUT2D eigenvalue weighted by Gasteiger charge is 2.30. The van der Waals surface area contributed by atoms with Crippen molar-refractivity contribution in [2.75, 3.05) is 27.4 Å². The number of sulfone groups is 1. The number of aryl methyl sites for hydroxylation is 1. The molecule has 1 heterocycles. The van der Waals surface area contributed by atoms with Gasteiger partial charge in [0.05, 0.1) is 37.9 Å². The number of hydrogen-bond acceptors (Lipinski definition) is 6. The van der Waals surface area contributed by atoms with Crippen LogP contribution in [-0.2, 0) is 33.4 Å². The first-order valence-corrected chi connectivity index (χ1v) is 13.7. The highest BCUT2D eigenvalue weighted by molar-refractivity contribution is 7.90. The quantitative estimate of drug-likeness (QED) is 0.367. The Kier molecular flexibility index (Phi) is 8.11. The van der Waals surface area contributed by atoms with E-state index in [0.717, 1.165) is 18.4 Å². The third-order valence-corrected chi connectivity index (χ3v) is 7.90. The van der Waals surface area contributed by atoms with E-state index in [1.165, 1.54) is 0 Å². The van der Waals surface area contributed by atoms with Crippen LogP contribution in [0.4, 0.5) is 0 Å². The van der Waals surface area contributed by atoms with Gasteiger partial charge in [-0.2, -0.15) is 0 Å². The number of carbonyl (C=O) groups is 1. The van der Waals surface area contributed by atoms with Crippen LogP contribution in [0.25, 0.3) is 0 Å². The van der Waals surface area contributed by atoms with E-state index in [9.17, 15) is 13.2 Å². The number of nitrogens with zero attached hydrogens (tertiary/aromatic N) is 3. The Hall–Kier alpha value is -3.17. The molecule has 1 aliphatic rings. The SMILES string of the molecule is COCCn1c(CN(CC2CC2)C(=O)c2cccc(OC)c2)cnc1S(=O)(=O)Cc1ccc(C)cc1. The topological polar surface area (TPSA) is 90.7 Å². The second-order valence-corrected chi connectivity index (χ2v) is 11.2. The van der Waals surface area contributed by atoms with Crippen molar-refractivity contribution in [2.45, 2.75) is 43.8 Å². The van der Waals surface area contributed by atoms with Crippen molar-refractivity contribution in [3.63, 3.8) is 0 Å². The summed E-state index contributed by atoms with van der Waals surface area (Å²) in [6, 6.07) is 14.5. The van der Waals surface area contributed by atoms with E-state index in [1.54, 1.807) is 54.1 Å². The van der Waals surface area contributed by atoms with Crippen LogP contribution in [-0.4, -0.2) is 56.1 Å². The molecule has 1 aliphatic carbocycles. The first-order valence-electron chi connectivity index (χ1n) is 12.1. The molecular formula is C27H33N3O5S. The number of ether oxygens (including phenoxy) is 2. The maximum atomic E-state index is 13.5. The standard InChI is InChI=1S/C27H33N3O5S/c1-20-7-9-22(10-8-20)19-36(32,33)27-28-16-24(30(27)13-14-34-2)18-29(17-21-11-12-21)26(31)23-5-4-6-25(15-23)35-3/h4-10,15-16,21H,11-14,17-19H2,1-3H3. The van der Waals surface area contributed by atoms with E-state index < -0.39 is 9.84 Å². The minimum Gasteiger partial charge on any atom is -0.497 e. The molecule has 0 N–H and O–H groups in total. The van der Waals surface area contributed by atoms with E-state index in [0.29, 0.717) is 48.2 Å². The van der Waals surface area contributed by atoms with Gasteiger partial charge in [0.1, 0.15) is 5.75 Å². The Morgan fingerprint density at radius 2 is 1.89 bits per heavy atom. The molecule has 36 heavy (non-hydrogen) atoms. The van der Waals surface area contributed by atoms with Crippen molar-refractivity contribution in [2.24, 2.45) is 5.92 Å². The molecule has 9 heteroatoms. The Labute approximate surface area is 212 Å². The van der Waals surface area contributed by atoms with Crippen molar-refractivity contribution in [3.8, 4) is 5.75 Å². The molecule has 0 spiro atoms. The van der Waals surface area contributed by atoms with E-state index >= 15 is 0 Å². The molecule has 1 aromatic heterocycles. The summed E-state index contributed by atoms with van der Waals surface area (Å²) in [6.07, 6.45) is 3.73. The second-order valence-electron chi connectivity index (χ2n) is 9.28. The number of rotatable bonds is 12. The predicted molar refractivity (Wildman–Crippen MR) is 137 cm³/mol. The molecule has 0 bridgehead atoms. The highest BCUT2D eigenvalue weighted by Crippen LogP contribution is 2.31. The van der Waals surface area contributed by atoms with Crippen LogP contribution < -0.4 is 4.74 Å². The first kappa shape index (κ1) is 25.9. The molecule has 4 rings (SSSR count). The van der Waals surface area contributed by atoms with Gasteiger partial charge in [0.15, 0.2) is 0 Å². The number of aromatic nitrogens is 2. The Morgan fingerprint density at radius 1 is 1.14 bits per heavy atom. The molecule has 1 saturated carbocycles. The first-order chi connectivity index (χ1) is 17.3. The lowest BCUT2D eigenvalue weighted by molar-refractivity contribution is 0.0729. The zero-order valence-electron chi connectivity index (χ0n) is 21.0. The maximum Gasteiger partial charge on any atom is 0.254 e. The predicted octanol–water partition coefficient (Wildman–Crippen LogP) is 3.87. The van der Waals surface area contributed by atoms with Gasteiger partial charge in [0, 0.05) is 25.8 Å². The minimum atomic E-state index is -3.72. The summed E-state index contributed by atoms with van der Waals surface area (Å²) in [4.78, 5) is 19.6. The number of amides is 1. The number of methoxy groups -OCH3 is 2. The normalized spacial score (nSPS) is 13.5. The van der Waals surface area contributed by atoms with Crippen molar-refractivity contribution < 1.29 is 22.7 Å². The van der Waals surface area contributed by atoms with Gasteiger partial charge in [0.25, 0.3) is 5.91 Å². The van der Waals surface area contributed by atoms with Crippen LogP contribution in [0.15, 0.2) is 59.9 Å². The fraction of sp³-hybridized carbons (Fsp3) is 0.407. The monoisotopic (exact) mass is 511 g/mol. The fourth-order valence-corrected chi connectivity index (χ4v) is 5.64. The molecule has 3 aromatic rings. The lowest BCUT2D eigenvalue weighted by Gasteiger charge is -2.24. The molecular weight excluding hydrogens is 478 g/mol. The van der Waals surface area contributed by atoms with Gasteiger partial charge in [0.2, 0.25) is 15.0 Å². The van der Waals surface area contributed by atoms with E-state index in [4.69, 9.17) is 9.47 Å². The Morgan fingerprint density at radius 3 is 2.56 bits per heavy atom. The molecule has 2 aromatic carbocycles. The van der Waals surface area contributed by atoms with Crippen LogP contribution >= 0.6 is 0 Å². The molecule has 1 amide bonds. The lowest BCUT2D eigenvalue weighted by Crippen LogP contribution is -2.33. The molecule has 0 saturated heterocycles. The molecule has 8 nitrogen and oxygen atoms in total. The number of benzene rings is 2. The molecule has 0 aliphatic heterocycles. The van der Waals surface area contributed by atoms with Gasteiger partial charge in [-0.05, 0) is 49.4 Å². The summed E-state index contributed by atoms with van der Waals surface area (Å²) >= 11 is 0. The number of hydrogen-bond donors (Lipinski definition) is 0. The maximum absolute atomic E-state index is 13.5. The van der Waals surface area contributed by atoms with Crippen LogP contribution in [0, 0.1) is 12.8 Å². The Bertz CT molecular complexity index is 1300. The molecule has 0 radical (unpaired) electrons. The lowest BCUT2D eigenvalue weighted by atomic mass is 10.1. The summed E-state index contributed by atoms with van der Waals surface area (Å²) in [5.74, 6) is 0.802. The smallest absolute Gasteiger partial charge is 0.254 e. The summed E-state index contributed by atoms with van der Waals surface area (Å²) < 4.78 is 38.9. The zero-order valence-corrected chi connectivity index (χ0v) is 21.8. The van der Waals surface area contributed by atoms with Gasteiger partial charge in [-0.1, -0.05) is 35.9 Å². The summed E-state index contributed by atoms with van der Waals surface area (Å²) in [5.41, 5.74) is 2.96. The Balaban J connectivity index is 1.63. The van der Waals surface area contributed by atoms with Crippen molar-refractivity contribution >= 4 is 15.7 Å². The van der Waals surface area contributed by atoms with Gasteiger partial charge < -0.3 is 18.9 Å². The van der Waals surface area contributed by atoms with Gasteiger partial charge in [-0.25, -0.2) is 13.4 Å². The molecule has 1 fully saturated rings.